The highest BCUT2D eigenvalue weighted by atomic mass is 32.1. The lowest BCUT2D eigenvalue weighted by Gasteiger charge is -2.04. The molecule has 0 aliphatic carbocycles. The summed E-state index contributed by atoms with van der Waals surface area (Å²) >= 11 is 1.38. The molecule has 26 heavy (non-hydrogen) atoms. The molecule has 0 saturated carbocycles. The zero-order valence-corrected chi connectivity index (χ0v) is 15.2. The van der Waals surface area contributed by atoms with Gasteiger partial charge in [0.25, 0.3) is 5.91 Å². The molecule has 2 heterocycles. The van der Waals surface area contributed by atoms with Crippen LogP contribution in [-0.4, -0.2) is 23.0 Å². The molecule has 1 amide bonds. The smallest absolute Gasteiger partial charge is 0.267 e. The lowest BCUT2D eigenvalue weighted by Crippen LogP contribution is -2.11. The molecule has 5 nitrogen and oxygen atoms in total. The monoisotopic (exact) mass is 363 g/mol. The molecule has 2 aromatic heterocycles. The van der Waals surface area contributed by atoms with Gasteiger partial charge >= 0.3 is 0 Å². The number of nitrogens with one attached hydrogen (secondary N) is 2. The zero-order valence-electron chi connectivity index (χ0n) is 14.4. The number of aromatic amines is 1. The van der Waals surface area contributed by atoms with Gasteiger partial charge in [-0.05, 0) is 43.3 Å². The molecule has 4 aromatic rings. The fourth-order valence-corrected chi connectivity index (χ4v) is 3.76. The van der Waals surface area contributed by atoms with E-state index in [4.69, 9.17) is 4.74 Å². The Kier molecular flexibility index (Phi) is 4.18. The van der Waals surface area contributed by atoms with Crippen molar-refractivity contribution >= 4 is 33.8 Å². The Bertz CT molecular complexity index is 1100. The van der Waals surface area contributed by atoms with Gasteiger partial charge in [-0.1, -0.05) is 12.1 Å². The molecule has 0 radical (unpaired) electrons. The summed E-state index contributed by atoms with van der Waals surface area (Å²) in [7, 11) is 1.63. The zero-order chi connectivity index (χ0) is 18.1. The van der Waals surface area contributed by atoms with Crippen molar-refractivity contribution in [3.63, 3.8) is 0 Å². The number of nitrogens with zero attached hydrogens (tertiary/aromatic N) is 1. The fourth-order valence-electron chi connectivity index (χ4n) is 2.81. The summed E-state index contributed by atoms with van der Waals surface area (Å²) in [6, 6.07) is 15.4. The second-order valence-corrected chi connectivity index (χ2v) is 6.90. The quantitative estimate of drug-likeness (QED) is 0.544. The second-order valence-electron chi connectivity index (χ2n) is 5.90. The van der Waals surface area contributed by atoms with E-state index in [-0.39, 0.29) is 5.91 Å². The summed E-state index contributed by atoms with van der Waals surface area (Å²) in [6.07, 6.45) is 1.88. The number of anilines is 1. The third kappa shape index (κ3) is 3.07. The molecule has 0 saturated heterocycles. The number of rotatable bonds is 4. The lowest BCUT2D eigenvalue weighted by molar-refractivity contribution is 0.103. The van der Waals surface area contributed by atoms with Crippen molar-refractivity contribution in [2.24, 2.45) is 0 Å². The van der Waals surface area contributed by atoms with Crippen molar-refractivity contribution in [3.05, 3.63) is 65.3 Å². The van der Waals surface area contributed by atoms with Gasteiger partial charge in [0, 0.05) is 28.4 Å². The SMILES string of the molecule is COc1cccc(-c2nc(C)c(C(=O)Nc3ccc4[nH]ccc4c3)s2)c1. The van der Waals surface area contributed by atoms with Crippen LogP contribution < -0.4 is 10.1 Å². The number of aryl methyl sites for hydroxylation is 1. The van der Waals surface area contributed by atoms with Gasteiger partial charge in [0.05, 0.1) is 12.8 Å². The number of thiazole rings is 1. The molecule has 0 bridgehead atoms. The first-order valence-corrected chi connectivity index (χ1v) is 8.96. The molecule has 2 N–H and O–H groups in total. The number of carbonyl (C=O) groups is 1. The van der Waals surface area contributed by atoms with Crippen molar-refractivity contribution in [1.82, 2.24) is 9.97 Å². The Labute approximate surface area is 154 Å². The first-order chi connectivity index (χ1) is 12.6. The van der Waals surface area contributed by atoms with E-state index >= 15 is 0 Å². The van der Waals surface area contributed by atoms with Crippen LogP contribution in [0.25, 0.3) is 21.5 Å². The molecule has 0 atom stereocenters. The first kappa shape index (κ1) is 16.4. The van der Waals surface area contributed by atoms with Gasteiger partial charge in [-0.15, -0.1) is 11.3 Å². The Morgan fingerprint density at radius 2 is 2.08 bits per heavy atom. The molecule has 0 unspecified atom stereocenters. The Morgan fingerprint density at radius 1 is 1.19 bits per heavy atom. The third-order valence-corrected chi connectivity index (χ3v) is 5.34. The number of hydrogen-bond donors (Lipinski definition) is 2. The summed E-state index contributed by atoms with van der Waals surface area (Å²) in [5.41, 5.74) is 3.45. The number of amides is 1. The summed E-state index contributed by atoms with van der Waals surface area (Å²) in [5, 5.41) is 4.82. The number of hydrogen-bond acceptors (Lipinski definition) is 4. The minimum absolute atomic E-state index is 0.149. The topological polar surface area (TPSA) is 67.0 Å². The average molecular weight is 363 g/mol. The molecule has 0 fully saturated rings. The number of aromatic nitrogens is 2. The number of methoxy groups -OCH3 is 1. The predicted molar refractivity (Wildman–Crippen MR) is 105 cm³/mol. The maximum atomic E-state index is 12.7. The van der Waals surface area contributed by atoms with Gasteiger partial charge in [-0.3, -0.25) is 4.79 Å². The number of fused-ring (bicyclic) bond motifs is 1. The highest BCUT2D eigenvalue weighted by Gasteiger charge is 2.17. The summed E-state index contributed by atoms with van der Waals surface area (Å²) in [6.45, 7) is 1.85. The molecule has 130 valence electrons. The Morgan fingerprint density at radius 3 is 2.92 bits per heavy atom. The van der Waals surface area contributed by atoms with E-state index in [2.05, 4.69) is 15.3 Å². The maximum absolute atomic E-state index is 12.7. The number of ether oxygens (including phenoxy) is 1. The molecule has 0 aliphatic heterocycles. The van der Waals surface area contributed by atoms with Gasteiger partial charge in [-0.2, -0.15) is 0 Å². The highest BCUT2D eigenvalue weighted by Crippen LogP contribution is 2.30. The van der Waals surface area contributed by atoms with E-state index in [0.717, 1.165) is 32.9 Å². The van der Waals surface area contributed by atoms with Crippen LogP contribution >= 0.6 is 11.3 Å². The summed E-state index contributed by atoms with van der Waals surface area (Å²) in [4.78, 5) is 21.0. The number of H-pyrrole nitrogens is 1. The van der Waals surface area contributed by atoms with E-state index in [1.165, 1.54) is 11.3 Å². The maximum Gasteiger partial charge on any atom is 0.267 e. The molecule has 0 aliphatic rings. The van der Waals surface area contributed by atoms with Crippen molar-refractivity contribution in [1.29, 1.82) is 0 Å². The molecular formula is C20H17N3O2S. The first-order valence-electron chi connectivity index (χ1n) is 8.14. The van der Waals surface area contributed by atoms with Gasteiger partial charge in [-0.25, -0.2) is 4.98 Å². The lowest BCUT2D eigenvalue weighted by atomic mass is 10.2. The van der Waals surface area contributed by atoms with E-state index in [1.54, 1.807) is 7.11 Å². The largest absolute Gasteiger partial charge is 0.497 e. The van der Waals surface area contributed by atoms with Crippen LogP contribution in [0, 0.1) is 6.92 Å². The van der Waals surface area contributed by atoms with Crippen LogP contribution in [0.3, 0.4) is 0 Å². The third-order valence-electron chi connectivity index (χ3n) is 4.13. The van der Waals surface area contributed by atoms with Crippen molar-refractivity contribution < 1.29 is 9.53 Å². The van der Waals surface area contributed by atoms with Gasteiger partial charge in [0.1, 0.15) is 15.6 Å². The molecule has 0 spiro atoms. The normalized spacial score (nSPS) is 10.8. The van der Waals surface area contributed by atoms with E-state index in [0.29, 0.717) is 10.6 Å². The number of benzene rings is 2. The van der Waals surface area contributed by atoms with Crippen LogP contribution in [-0.2, 0) is 0 Å². The van der Waals surface area contributed by atoms with Gasteiger partial charge < -0.3 is 15.0 Å². The second kappa shape index (κ2) is 6.65. The average Bonchev–Trinajstić information content (AvgIpc) is 3.27. The van der Waals surface area contributed by atoms with Crippen LogP contribution in [0.4, 0.5) is 5.69 Å². The Balaban J connectivity index is 1.60. The van der Waals surface area contributed by atoms with E-state index < -0.39 is 0 Å². The van der Waals surface area contributed by atoms with Gasteiger partial charge in [0.15, 0.2) is 0 Å². The van der Waals surface area contributed by atoms with Crippen LogP contribution in [0.5, 0.6) is 5.75 Å². The molecule has 4 rings (SSSR count). The summed E-state index contributed by atoms with van der Waals surface area (Å²) < 4.78 is 5.26. The fraction of sp³-hybridized carbons (Fsp3) is 0.100. The van der Waals surface area contributed by atoms with Crippen molar-refractivity contribution in [2.45, 2.75) is 6.92 Å². The van der Waals surface area contributed by atoms with Crippen LogP contribution in [0.15, 0.2) is 54.7 Å². The minimum atomic E-state index is -0.149. The minimum Gasteiger partial charge on any atom is -0.497 e. The molecular weight excluding hydrogens is 346 g/mol. The van der Waals surface area contributed by atoms with Crippen LogP contribution in [0.2, 0.25) is 0 Å². The van der Waals surface area contributed by atoms with E-state index in [9.17, 15) is 4.79 Å². The van der Waals surface area contributed by atoms with E-state index in [1.807, 2.05) is 61.7 Å². The molecule has 6 heteroatoms. The molecule has 2 aromatic carbocycles. The predicted octanol–water partition coefficient (Wildman–Crippen LogP) is 4.86. The Hall–Kier alpha value is -3.12. The van der Waals surface area contributed by atoms with Crippen LogP contribution in [0.1, 0.15) is 15.4 Å². The standard InChI is InChI=1S/C20H17N3O2S/c1-12-18(26-20(22-12)14-4-3-5-16(11-14)25-2)19(24)23-15-6-7-17-13(10-15)8-9-21-17/h3-11,21H,1-2H3,(H,23,24). The highest BCUT2D eigenvalue weighted by molar-refractivity contribution is 7.17. The summed E-state index contributed by atoms with van der Waals surface area (Å²) in [5.74, 6) is 0.616. The number of carbonyl (C=O) groups excluding carboxylic acids is 1. The van der Waals surface area contributed by atoms with Crippen molar-refractivity contribution in [3.8, 4) is 16.3 Å². The van der Waals surface area contributed by atoms with Gasteiger partial charge in [0.2, 0.25) is 0 Å². The van der Waals surface area contributed by atoms with Crippen molar-refractivity contribution in [2.75, 3.05) is 12.4 Å².